The molecule has 1 heteroatoms. The molecule has 0 amide bonds. The van der Waals surface area contributed by atoms with Crippen molar-refractivity contribution < 1.29 is 5.11 Å². The SMILES string of the molecule is CCCC(O)CC[C@H]1[C@H](CC)CCCC1(CC)CC. The summed E-state index contributed by atoms with van der Waals surface area (Å²) >= 11 is 0. The Balaban J connectivity index is 2.69. The minimum absolute atomic E-state index is 0.0594. The first-order chi connectivity index (χ1) is 9.13. The molecule has 1 fully saturated rings. The minimum atomic E-state index is -0.0594. The largest absolute Gasteiger partial charge is 0.393 e. The zero-order valence-corrected chi connectivity index (χ0v) is 13.8. The van der Waals surface area contributed by atoms with Gasteiger partial charge in [0.1, 0.15) is 0 Å². The van der Waals surface area contributed by atoms with Gasteiger partial charge >= 0.3 is 0 Å². The topological polar surface area (TPSA) is 20.2 Å². The summed E-state index contributed by atoms with van der Waals surface area (Å²) in [6.07, 6.45) is 12.6. The summed E-state index contributed by atoms with van der Waals surface area (Å²) in [6, 6.07) is 0. The van der Waals surface area contributed by atoms with Crippen LogP contribution in [0, 0.1) is 17.3 Å². The molecule has 1 unspecified atom stereocenters. The monoisotopic (exact) mass is 268 g/mol. The molecule has 0 aliphatic heterocycles. The van der Waals surface area contributed by atoms with Gasteiger partial charge < -0.3 is 5.11 Å². The molecule has 114 valence electrons. The molecule has 0 aromatic heterocycles. The molecular weight excluding hydrogens is 232 g/mol. The summed E-state index contributed by atoms with van der Waals surface area (Å²) in [4.78, 5) is 0. The standard InChI is InChI=1S/C18H36O/c1-5-10-16(19)12-13-17-15(6-2)11-9-14-18(17,7-3)8-4/h15-17,19H,5-14H2,1-4H3/t15-,16?,17+/m1/s1. The molecule has 1 N–H and O–H groups in total. The highest BCUT2D eigenvalue weighted by atomic mass is 16.3. The second-order valence-corrected chi connectivity index (χ2v) is 6.76. The van der Waals surface area contributed by atoms with Gasteiger partial charge in [-0.1, -0.05) is 66.2 Å². The van der Waals surface area contributed by atoms with Crippen molar-refractivity contribution in [3.05, 3.63) is 0 Å². The van der Waals surface area contributed by atoms with E-state index in [2.05, 4.69) is 27.7 Å². The molecule has 1 nitrogen and oxygen atoms in total. The van der Waals surface area contributed by atoms with E-state index in [9.17, 15) is 5.11 Å². The average molecular weight is 268 g/mol. The Morgan fingerprint density at radius 3 is 2.32 bits per heavy atom. The highest BCUT2D eigenvalue weighted by molar-refractivity contribution is 4.92. The van der Waals surface area contributed by atoms with E-state index in [4.69, 9.17) is 0 Å². The number of aliphatic hydroxyl groups is 1. The summed E-state index contributed by atoms with van der Waals surface area (Å²) in [5.41, 5.74) is 0.574. The van der Waals surface area contributed by atoms with Crippen LogP contribution >= 0.6 is 0 Å². The quantitative estimate of drug-likeness (QED) is 0.611. The number of rotatable bonds is 8. The molecule has 1 rings (SSSR count). The summed E-state index contributed by atoms with van der Waals surface area (Å²) in [7, 11) is 0. The van der Waals surface area contributed by atoms with Crippen LogP contribution in [0.5, 0.6) is 0 Å². The zero-order chi connectivity index (χ0) is 14.3. The Morgan fingerprint density at radius 1 is 1.11 bits per heavy atom. The van der Waals surface area contributed by atoms with Crippen LogP contribution in [0.1, 0.15) is 91.9 Å². The average Bonchev–Trinajstić information content (AvgIpc) is 2.44. The maximum absolute atomic E-state index is 10.1. The molecule has 0 heterocycles. The number of aliphatic hydroxyl groups excluding tert-OH is 1. The predicted octanol–water partition coefficient (Wildman–Crippen LogP) is 5.56. The van der Waals surface area contributed by atoms with E-state index in [1.165, 1.54) is 44.9 Å². The van der Waals surface area contributed by atoms with Crippen LogP contribution in [-0.4, -0.2) is 11.2 Å². The van der Waals surface area contributed by atoms with Crippen LogP contribution in [-0.2, 0) is 0 Å². The third-order valence-corrected chi connectivity index (χ3v) is 5.97. The smallest absolute Gasteiger partial charge is 0.0540 e. The summed E-state index contributed by atoms with van der Waals surface area (Å²) in [6.45, 7) is 9.30. The predicted molar refractivity (Wildman–Crippen MR) is 84.3 cm³/mol. The Morgan fingerprint density at radius 2 is 1.79 bits per heavy atom. The fourth-order valence-electron chi connectivity index (χ4n) is 4.61. The Hall–Kier alpha value is -0.0400. The summed E-state index contributed by atoms with van der Waals surface area (Å²) < 4.78 is 0. The maximum atomic E-state index is 10.1. The molecule has 1 saturated carbocycles. The van der Waals surface area contributed by atoms with E-state index < -0.39 is 0 Å². The van der Waals surface area contributed by atoms with Crippen molar-refractivity contribution in [3.63, 3.8) is 0 Å². The van der Waals surface area contributed by atoms with Crippen molar-refractivity contribution >= 4 is 0 Å². The molecule has 0 bridgehead atoms. The van der Waals surface area contributed by atoms with E-state index in [0.717, 1.165) is 31.1 Å². The number of hydrogen-bond acceptors (Lipinski definition) is 1. The lowest BCUT2D eigenvalue weighted by Gasteiger charge is -2.48. The number of hydrogen-bond donors (Lipinski definition) is 1. The van der Waals surface area contributed by atoms with Gasteiger partial charge in [0.25, 0.3) is 0 Å². The van der Waals surface area contributed by atoms with Gasteiger partial charge in [-0.2, -0.15) is 0 Å². The lowest BCUT2D eigenvalue weighted by Crippen LogP contribution is -2.39. The van der Waals surface area contributed by atoms with Crippen LogP contribution in [0.4, 0.5) is 0 Å². The van der Waals surface area contributed by atoms with E-state index in [-0.39, 0.29) is 6.10 Å². The van der Waals surface area contributed by atoms with Gasteiger partial charge in [0, 0.05) is 0 Å². The van der Waals surface area contributed by atoms with Crippen molar-refractivity contribution in [1.29, 1.82) is 0 Å². The van der Waals surface area contributed by atoms with Crippen molar-refractivity contribution in [2.75, 3.05) is 0 Å². The lowest BCUT2D eigenvalue weighted by atomic mass is 9.57. The molecule has 0 aromatic carbocycles. The molecule has 1 aliphatic rings. The Kier molecular flexibility index (Phi) is 7.42. The van der Waals surface area contributed by atoms with Crippen LogP contribution in [0.25, 0.3) is 0 Å². The first kappa shape index (κ1) is 17.0. The molecule has 3 atom stereocenters. The molecule has 1 aliphatic carbocycles. The first-order valence-corrected chi connectivity index (χ1v) is 8.81. The molecular formula is C18H36O. The molecule has 0 aromatic rings. The van der Waals surface area contributed by atoms with E-state index >= 15 is 0 Å². The Bertz CT molecular complexity index is 232. The molecule has 0 spiro atoms. The molecule has 19 heavy (non-hydrogen) atoms. The van der Waals surface area contributed by atoms with Crippen molar-refractivity contribution in [1.82, 2.24) is 0 Å². The van der Waals surface area contributed by atoms with Gasteiger partial charge in [0.2, 0.25) is 0 Å². The second kappa shape index (κ2) is 8.29. The fourth-order valence-corrected chi connectivity index (χ4v) is 4.61. The molecule has 0 saturated heterocycles. The van der Waals surface area contributed by atoms with Crippen LogP contribution in [0.3, 0.4) is 0 Å². The lowest BCUT2D eigenvalue weighted by molar-refractivity contribution is 0.0126. The highest BCUT2D eigenvalue weighted by Gasteiger charge is 2.41. The van der Waals surface area contributed by atoms with Gasteiger partial charge in [-0.25, -0.2) is 0 Å². The molecule has 0 radical (unpaired) electrons. The van der Waals surface area contributed by atoms with Crippen LogP contribution < -0.4 is 0 Å². The third-order valence-electron chi connectivity index (χ3n) is 5.97. The highest BCUT2D eigenvalue weighted by Crippen LogP contribution is 2.52. The van der Waals surface area contributed by atoms with Gasteiger partial charge in [-0.15, -0.1) is 0 Å². The van der Waals surface area contributed by atoms with E-state index in [1.54, 1.807) is 0 Å². The summed E-state index contributed by atoms with van der Waals surface area (Å²) in [5.74, 6) is 1.76. The fraction of sp³-hybridized carbons (Fsp3) is 1.00. The first-order valence-electron chi connectivity index (χ1n) is 8.81. The van der Waals surface area contributed by atoms with Crippen molar-refractivity contribution in [2.24, 2.45) is 17.3 Å². The maximum Gasteiger partial charge on any atom is 0.0540 e. The normalized spacial score (nSPS) is 28.3. The van der Waals surface area contributed by atoms with Crippen molar-refractivity contribution in [2.45, 2.75) is 98.0 Å². The van der Waals surface area contributed by atoms with Gasteiger partial charge in [0.15, 0.2) is 0 Å². The Labute approximate surface area is 121 Å². The van der Waals surface area contributed by atoms with E-state index in [0.29, 0.717) is 5.41 Å². The minimum Gasteiger partial charge on any atom is -0.393 e. The summed E-state index contributed by atoms with van der Waals surface area (Å²) in [5, 5.41) is 10.1. The van der Waals surface area contributed by atoms with E-state index in [1.807, 2.05) is 0 Å². The third kappa shape index (κ3) is 4.21. The van der Waals surface area contributed by atoms with Crippen LogP contribution in [0.2, 0.25) is 0 Å². The second-order valence-electron chi connectivity index (χ2n) is 6.76. The van der Waals surface area contributed by atoms with Crippen molar-refractivity contribution in [3.8, 4) is 0 Å². The van der Waals surface area contributed by atoms with Gasteiger partial charge in [0.05, 0.1) is 6.10 Å². The van der Waals surface area contributed by atoms with Crippen LogP contribution in [0.15, 0.2) is 0 Å². The van der Waals surface area contributed by atoms with Gasteiger partial charge in [-0.3, -0.25) is 0 Å². The zero-order valence-electron chi connectivity index (χ0n) is 13.8. The van der Waals surface area contributed by atoms with Gasteiger partial charge in [-0.05, 0) is 42.9 Å².